The molecule has 1 N–H and O–H groups in total. The Morgan fingerprint density at radius 1 is 1.32 bits per heavy atom. The van der Waals surface area contributed by atoms with Gasteiger partial charge < -0.3 is 14.7 Å². The molecule has 3 nitrogen and oxygen atoms in total. The number of halogens is 1. The van der Waals surface area contributed by atoms with Gasteiger partial charge >= 0.3 is 0 Å². The number of likely N-dealkylation sites (N-methyl/N-ethyl adjacent to an activating group) is 1. The summed E-state index contributed by atoms with van der Waals surface area (Å²) in [6.45, 7) is 2.24. The summed E-state index contributed by atoms with van der Waals surface area (Å²) in [5.74, 6) is 0.710. The van der Waals surface area contributed by atoms with Crippen molar-refractivity contribution in [2.75, 3.05) is 21.2 Å². The maximum Gasteiger partial charge on any atom is 0.129 e. The van der Waals surface area contributed by atoms with Crippen LogP contribution in [0.1, 0.15) is 38.2 Å². The molecular weight excluding hydrogens is 281 g/mol. The summed E-state index contributed by atoms with van der Waals surface area (Å²) >= 11 is 0. The molecule has 22 heavy (non-hydrogen) atoms. The minimum atomic E-state index is -1.17. The SMILES string of the molecule is COc1ccc(F)c(C2(O)CC3CCC(C)(C3)C2N(C)C)c1. The van der Waals surface area contributed by atoms with Crippen LogP contribution in [0.25, 0.3) is 0 Å². The third kappa shape index (κ3) is 2.24. The quantitative estimate of drug-likeness (QED) is 0.931. The summed E-state index contributed by atoms with van der Waals surface area (Å²) in [7, 11) is 5.53. The van der Waals surface area contributed by atoms with Crippen LogP contribution in [0.2, 0.25) is 0 Å². The summed E-state index contributed by atoms with van der Waals surface area (Å²) in [5, 5.41) is 11.6. The predicted molar refractivity (Wildman–Crippen MR) is 84.4 cm³/mol. The Labute approximate surface area is 132 Å². The summed E-state index contributed by atoms with van der Waals surface area (Å²) < 4.78 is 19.8. The van der Waals surface area contributed by atoms with E-state index in [9.17, 15) is 9.50 Å². The fourth-order valence-corrected chi connectivity index (χ4v) is 5.22. The lowest BCUT2D eigenvalue weighted by molar-refractivity contribution is -0.122. The topological polar surface area (TPSA) is 32.7 Å². The first kappa shape index (κ1) is 15.8. The van der Waals surface area contributed by atoms with E-state index >= 15 is 0 Å². The Bertz CT molecular complexity index is 576. The van der Waals surface area contributed by atoms with E-state index in [1.165, 1.54) is 6.07 Å². The van der Waals surface area contributed by atoms with Crippen molar-refractivity contribution in [2.45, 2.75) is 44.2 Å². The van der Waals surface area contributed by atoms with Crippen LogP contribution in [-0.2, 0) is 5.60 Å². The lowest BCUT2D eigenvalue weighted by Crippen LogP contribution is -2.58. The van der Waals surface area contributed by atoms with Crippen LogP contribution >= 0.6 is 0 Å². The Hall–Kier alpha value is -1.13. The van der Waals surface area contributed by atoms with Crippen molar-refractivity contribution < 1.29 is 14.2 Å². The van der Waals surface area contributed by atoms with Crippen molar-refractivity contribution in [3.8, 4) is 5.75 Å². The molecule has 2 aliphatic rings. The highest BCUT2D eigenvalue weighted by molar-refractivity contribution is 5.36. The fourth-order valence-electron chi connectivity index (χ4n) is 5.22. The molecule has 1 aromatic carbocycles. The second kappa shape index (κ2) is 5.20. The monoisotopic (exact) mass is 307 g/mol. The molecule has 0 saturated heterocycles. The van der Waals surface area contributed by atoms with Crippen LogP contribution in [0.15, 0.2) is 18.2 Å². The molecule has 2 saturated carbocycles. The maximum absolute atomic E-state index is 14.5. The molecule has 0 spiro atoms. The highest BCUT2D eigenvalue weighted by atomic mass is 19.1. The van der Waals surface area contributed by atoms with Crippen LogP contribution in [0.4, 0.5) is 4.39 Å². The minimum Gasteiger partial charge on any atom is -0.497 e. The number of ether oxygens (including phenoxy) is 1. The van der Waals surface area contributed by atoms with Crippen LogP contribution in [0.3, 0.4) is 0 Å². The van der Waals surface area contributed by atoms with Crippen molar-refractivity contribution in [3.63, 3.8) is 0 Å². The Morgan fingerprint density at radius 2 is 2.05 bits per heavy atom. The van der Waals surface area contributed by atoms with E-state index in [1.54, 1.807) is 19.2 Å². The largest absolute Gasteiger partial charge is 0.497 e. The van der Waals surface area contributed by atoms with E-state index in [4.69, 9.17) is 4.74 Å². The zero-order valence-electron chi connectivity index (χ0n) is 13.9. The third-order valence-corrected chi connectivity index (χ3v) is 5.75. The van der Waals surface area contributed by atoms with Gasteiger partial charge in [0.1, 0.15) is 17.2 Å². The highest BCUT2D eigenvalue weighted by Gasteiger charge is 2.58. The van der Waals surface area contributed by atoms with Gasteiger partial charge in [-0.05, 0) is 69.3 Å². The van der Waals surface area contributed by atoms with Crippen LogP contribution in [-0.4, -0.2) is 37.3 Å². The third-order valence-electron chi connectivity index (χ3n) is 5.75. The normalized spacial score (nSPS) is 37.6. The molecule has 4 heteroatoms. The van der Waals surface area contributed by atoms with Gasteiger partial charge in [0.15, 0.2) is 0 Å². The summed E-state index contributed by atoms with van der Waals surface area (Å²) in [6, 6.07) is 4.57. The van der Waals surface area contributed by atoms with E-state index in [0.29, 0.717) is 23.7 Å². The standard InChI is InChI=1S/C18H26FNO2/c1-17-8-7-12(10-17)11-18(21,16(17)20(2)3)14-9-13(22-4)5-6-15(14)19/h5-6,9,12,16,21H,7-8,10-11H2,1-4H3. The first-order valence-electron chi connectivity index (χ1n) is 8.03. The first-order valence-corrected chi connectivity index (χ1v) is 8.03. The molecule has 0 aromatic heterocycles. The number of rotatable bonds is 3. The molecule has 0 aliphatic heterocycles. The van der Waals surface area contributed by atoms with Crippen molar-refractivity contribution in [1.82, 2.24) is 4.90 Å². The van der Waals surface area contributed by atoms with Gasteiger partial charge in [-0.25, -0.2) is 4.39 Å². The van der Waals surface area contributed by atoms with Crippen LogP contribution in [0, 0.1) is 17.2 Å². The van der Waals surface area contributed by atoms with Gasteiger partial charge in [-0.15, -0.1) is 0 Å². The molecule has 4 unspecified atom stereocenters. The number of benzene rings is 1. The van der Waals surface area contributed by atoms with E-state index in [0.717, 1.165) is 19.3 Å². The van der Waals surface area contributed by atoms with E-state index in [1.807, 2.05) is 14.1 Å². The van der Waals surface area contributed by atoms with Gasteiger partial charge in [0.25, 0.3) is 0 Å². The highest BCUT2D eigenvalue weighted by Crippen LogP contribution is 2.59. The second-order valence-electron chi connectivity index (χ2n) is 7.60. The number of aliphatic hydroxyl groups is 1. The zero-order chi connectivity index (χ0) is 16.1. The summed E-state index contributed by atoms with van der Waals surface area (Å²) in [4.78, 5) is 2.07. The molecule has 3 rings (SSSR count). The van der Waals surface area contributed by atoms with E-state index in [2.05, 4.69) is 11.8 Å². The van der Waals surface area contributed by atoms with E-state index < -0.39 is 5.60 Å². The summed E-state index contributed by atoms with van der Waals surface area (Å²) in [6.07, 6.45) is 3.95. The molecule has 2 bridgehead atoms. The molecule has 2 fully saturated rings. The van der Waals surface area contributed by atoms with Gasteiger partial charge in [-0.2, -0.15) is 0 Å². The average molecular weight is 307 g/mol. The van der Waals surface area contributed by atoms with Gasteiger partial charge in [0.2, 0.25) is 0 Å². The van der Waals surface area contributed by atoms with Crippen molar-refractivity contribution in [2.24, 2.45) is 11.3 Å². The van der Waals surface area contributed by atoms with Crippen molar-refractivity contribution in [3.05, 3.63) is 29.6 Å². The molecule has 0 amide bonds. The lowest BCUT2D eigenvalue weighted by atomic mass is 9.62. The molecule has 2 aliphatic carbocycles. The Balaban J connectivity index is 2.13. The predicted octanol–water partition coefficient (Wildman–Crippen LogP) is 3.16. The lowest BCUT2D eigenvalue weighted by Gasteiger charge is -2.52. The van der Waals surface area contributed by atoms with Crippen LogP contribution in [0.5, 0.6) is 5.75 Å². The molecule has 4 atom stereocenters. The first-order chi connectivity index (χ1) is 10.3. The smallest absolute Gasteiger partial charge is 0.129 e. The minimum absolute atomic E-state index is 0.0245. The number of hydrogen-bond donors (Lipinski definition) is 1. The maximum atomic E-state index is 14.5. The second-order valence-corrected chi connectivity index (χ2v) is 7.60. The zero-order valence-corrected chi connectivity index (χ0v) is 13.9. The fraction of sp³-hybridized carbons (Fsp3) is 0.667. The van der Waals surface area contributed by atoms with Gasteiger partial charge in [0, 0.05) is 11.6 Å². The van der Waals surface area contributed by atoms with Gasteiger partial charge in [-0.1, -0.05) is 6.92 Å². The van der Waals surface area contributed by atoms with Crippen LogP contribution < -0.4 is 4.74 Å². The van der Waals surface area contributed by atoms with Gasteiger partial charge in [-0.3, -0.25) is 0 Å². The Kier molecular flexibility index (Phi) is 3.73. The molecule has 0 radical (unpaired) electrons. The average Bonchev–Trinajstić information content (AvgIpc) is 2.74. The molecule has 1 aromatic rings. The van der Waals surface area contributed by atoms with Crippen molar-refractivity contribution in [1.29, 1.82) is 0 Å². The molecular formula is C18H26FNO2. The number of methoxy groups -OCH3 is 1. The number of hydrogen-bond acceptors (Lipinski definition) is 3. The van der Waals surface area contributed by atoms with Gasteiger partial charge in [0.05, 0.1) is 7.11 Å². The number of nitrogens with zero attached hydrogens (tertiary/aromatic N) is 1. The Morgan fingerprint density at radius 3 is 2.68 bits per heavy atom. The van der Waals surface area contributed by atoms with E-state index in [-0.39, 0.29) is 17.3 Å². The van der Waals surface area contributed by atoms with Crippen molar-refractivity contribution >= 4 is 0 Å². The summed E-state index contributed by atoms with van der Waals surface area (Å²) in [5.41, 5.74) is -0.768. The number of fused-ring (bicyclic) bond motifs is 2. The molecule has 122 valence electrons. The molecule has 0 heterocycles.